The highest BCUT2D eigenvalue weighted by atomic mass is 16.5. The first-order valence-corrected chi connectivity index (χ1v) is 8.49. The van der Waals surface area contributed by atoms with Gasteiger partial charge in [-0.2, -0.15) is 0 Å². The molecule has 2 aromatic carbocycles. The van der Waals surface area contributed by atoms with Gasteiger partial charge in [-0.3, -0.25) is 4.79 Å². The number of carbonyl (C=O) groups excluding carboxylic acids is 1. The molecular weight excluding hydrogens is 312 g/mol. The maximum Gasteiger partial charge on any atom is 0.314 e. The lowest BCUT2D eigenvalue weighted by molar-refractivity contribution is -0.144. The summed E-state index contributed by atoms with van der Waals surface area (Å²) in [7, 11) is 0. The average Bonchev–Trinajstić information content (AvgIpc) is 2.62. The van der Waals surface area contributed by atoms with Crippen LogP contribution in [0.1, 0.15) is 42.9 Å². The number of hydrogen-bond donors (Lipinski definition) is 0. The number of aryl methyl sites for hydroxylation is 1. The Morgan fingerprint density at radius 1 is 1.12 bits per heavy atom. The highest BCUT2D eigenvalue weighted by molar-refractivity contribution is 5.78. The molecule has 0 radical (unpaired) electrons. The van der Waals surface area contributed by atoms with Gasteiger partial charge in [0.15, 0.2) is 0 Å². The second kappa shape index (κ2) is 9.54. The van der Waals surface area contributed by atoms with E-state index in [1.807, 2.05) is 43.3 Å². The Kier molecular flexibility index (Phi) is 7.10. The van der Waals surface area contributed by atoms with Gasteiger partial charge in [-0.15, -0.1) is 11.8 Å². The van der Waals surface area contributed by atoms with Crippen molar-refractivity contribution in [3.63, 3.8) is 0 Å². The minimum atomic E-state index is -0.363. The zero-order valence-electron chi connectivity index (χ0n) is 15.0. The first-order chi connectivity index (χ1) is 12.2. The predicted molar refractivity (Wildman–Crippen MR) is 99.4 cm³/mol. The van der Waals surface area contributed by atoms with E-state index in [2.05, 4.69) is 30.9 Å². The van der Waals surface area contributed by atoms with Gasteiger partial charge < -0.3 is 9.47 Å². The number of benzene rings is 2. The minimum absolute atomic E-state index is 0.237. The van der Waals surface area contributed by atoms with E-state index in [0.29, 0.717) is 19.6 Å². The number of ether oxygens (including phenoxy) is 2. The molecule has 0 aliphatic rings. The molecule has 2 rings (SSSR count). The largest absolute Gasteiger partial charge is 0.489 e. The number of rotatable bonds is 7. The van der Waals surface area contributed by atoms with Gasteiger partial charge in [-0.1, -0.05) is 36.4 Å². The summed E-state index contributed by atoms with van der Waals surface area (Å²) in [6.45, 7) is 6.54. The second-order valence-corrected chi connectivity index (χ2v) is 5.72. The highest BCUT2D eigenvalue weighted by Gasteiger charge is 2.21. The zero-order valence-corrected chi connectivity index (χ0v) is 15.0. The van der Waals surface area contributed by atoms with Gasteiger partial charge in [0.2, 0.25) is 0 Å². The molecule has 1 atom stereocenters. The van der Waals surface area contributed by atoms with Crippen LogP contribution < -0.4 is 4.74 Å². The third kappa shape index (κ3) is 5.39. The van der Waals surface area contributed by atoms with E-state index in [9.17, 15) is 4.79 Å². The van der Waals surface area contributed by atoms with Crippen LogP contribution in [0.5, 0.6) is 5.75 Å². The van der Waals surface area contributed by atoms with Crippen molar-refractivity contribution in [2.75, 3.05) is 6.61 Å². The minimum Gasteiger partial charge on any atom is -0.489 e. The van der Waals surface area contributed by atoms with E-state index in [4.69, 9.17) is 9.47 Å². The van der Waals surface area contributed by atoms with Crippen molar-refractivity contribution >= 4 is 5.97 Å². The van der Waals surface area contributed by atoms with Gasteiger partial charge in [0.25, 0.3) is 0 Å². The van der Waals surface area contributed by atoms with E-state index >= 15 is 0 Å². The van der Waals surface area contributed by atoms with Crippen LogP contribution in [0, 0.1) is 18.8 Å². The topological polar surface area (TPSA) is 35.5 Å². The monoisotopic (exact) mass is 336 g/mol. The molecule has 3 nitrogen and oxygen atoms in total. The third-order valence-electron chi connectivity index (χ3n) is 3.99. The van der Waals surface area contributed by atoms with Crippen LogP contribution in [0.3, 0.4) is 0 Å². The van der Waals surface area contributed by atoms with Gasteiger partial charge in [0.1, 0.15) is 12.4 Å². The number of carbonyl (C=O) groups is 1. The molecule has 0 aromatic heterocycles. The molecule has 0 aliphatic carbocycles. The van der Waals surface area contributed by atoms with Gasteiger partial charge in [0, 0.05) is 6.42 Å². The lowest BCUT2D eigenvalue weighted by Crippen LogP contribution is -2.15. The molecule has 0 aliphatic heterocycles. The molecule has 1 unspecified atom stereocenters. The fourth-order valence-corrected chi connectivity index (χ4v) is 2.51. The molecule has 0 N–H and O–H groups in total. The van der Waals surface area contributed by atoms with E-state index in [1.54, 1.807) is 6.92 Å². The summed E-state index contributed by atoms with van der Waals surface area (Å²) < 4.78 is 11.0. The molecule has 0 fully saturated rings. The fraction of sp³-hybridized carbons (Fsp3) is 0.318. The number of hydrogen-bond acceptors (Lipinski definition) is 3. The third-order valence-corrected chi connectivity index (χ3v) is 3.99. The summed E-state index contributed by atoms with van der Waals surface area (Å²) in [5.41, 5.74) is 3.26. The van der Waals surface area contributed by atoms with Crippen molar-refractivity contribution in [1.82, 2.24) is 0 Å². The van der Waals surface area contributed by atoms with Crippen molar-refractivity contribution < 1.29 is 14.3 Å². The summed E-state index contributed by atoms with van der Waals surface area (Å²) >= 11 is 0. The van der Waals surface area contributed by atoms with Crippen molar-refractivity contribution in [2.24, 2.45) is 0 Å². The van der Waals surface area contributed by atoms with Crippen LogP contribution in [0.4, 0.5) is 0 Å². The van der Waals surface area contributed by atoms with E-state index in [-0.39, 0.29) is 11.9 Å². The van der Waals surface area contributed by atoms with Gasteiger partial charge in [0.05, 0.1) is 12.5 Å². The van der Waals surface area contributed by atoms with Gasteiger partial charge in [-0.25, -0.2) is 0 Å². The predicted octanol–water partition coefficient (Wildman–Crippen LogP) is 4.63. The normalized spacial score (nSPS) is 11.2. The Balaban J connectivity index is 2.06. The molecule has 0 spiro atoms. The Bertz CT molecular complexity index is 751. The summed E-state index contributed by atoms with van der Waals surface area (Å²) in [6, 6.07) is 15.7. The van der Waals surface area contributed by atoms with Crippen molar-refractivity contribution in [1.29, 1.82) is 0 Å². The fourth-order valence-electron chi connectivity index (χ4n) is 2.51. The average molecular weight is 336 g/mol. The van der Waals surface area contributed by atoms with E-state index in [0.717, 1.165) is 16.9 Å². The Labute approximate surface area is 150 Å². The van der Waals surface area contributed by atoms with Crippen LogP contribution in [-0.2, 0) is 16.1 Å². The summed E-state index contributed by atoms with van der Waals surface area (Å²) in [5, 5.41) is 0. The molecule has 0 saturated heterocycles. The van der Waals surface area contributed by atoms with Crippen LogP contribution >= 0.6 is 0 Å². The van der Waals surface area contributed by atoms with Crippen molar-refractivity contribution in [3.8, 4) is 17.6 Å². The standard InChI is InChI=1S/C22H24O3/c1-4-6-11-21(22(23)24-5-2)18-12-14-20(15-13-18)25-16-19-10-8-7-9-17(19)3/h7-10,12-15,21H,5,11,16H2,1-3H3. The number of esters is 1. The molecule has 0 bridgehead atoms. The van der Waals surface area contributed by atoms with Crippen LogP contribution in [0.15, 0.2) is 48.5 Å². The molecule has 0 amide bonds. The molecule has 2 aromatic rings. The van der Waals surface area contributed by atoms with Crippen LogP contribution in [0.25, 0.3) is 0 Å². The Hall–Kier alpha value is -2.73. The Morgan fingerprint density at radius 2 is 1.84 bits per heavy atom. The van der Waals surface area contributed by atoms with E-state index in [1.165, 1.54) is 5.56 Å². The molecule has 0 saturated carbocycles. The van der Waals surface area contributed by atoms with E-state index < -0.39 is 0 Å². The van der Waals surface area contributed by atoms with Crippen LogP contribution in [-0.4, -0.2) is 12.6 Å². The van der Waals surface area contributed by atoms with Crippen molar-refractivity contribution in [3.05, 3.63) is 65.2 Å². The second-order valence-electron chi connectivity index (χ2n) is 5.72. The first-order valence-electron chi connectivity index (χ1n) is 8.49. The van der Waals surface area contributed by atoms with Gasteiger partial charge >= 0.3 is 5.97 Å². The SMILES string of the molecule is CC#CCC(C(=O)OCC)c1ccc(OCc2ccccc2C)cc1. The maximum atomic E-state index is 12.2. The molecule has 25 heavy (non-hydrogen) atoms. The lowest BCUT2D eigenvalue weighted by atomic mass is 9.96. The smallest absolute Gasteiger partial charge is 0.314 e. The molecular formula is C22H24O3. The zero-order chi connectivity index (χ0) is 18.1. The lowest BCUT2D eigenvalue weighted by Gasteiger charge is -2.14. The van der Waals surface area contributed by atoms with Gasteiger partial charge in [-0.05, 0) is 49.6 Å². The quantitative estimate of drug-likeness (QED) is 0.546. The summed E-state index contributed by atoms with van der Waals surface area (Å²) in [6.07, 6.45) is 0.457. The maximum absolute atomic E-state index is 12.2. The molecule has 130 valence electrons. The summed E-state index contributed by atoms with van der Waals surface area (Å²) in [4.78, 5) is 12.2. The van der Waals surface area contributed by atoms with Crippen LogP contribution in [0.2, 0.25) is 0 Å². The summed E-state index contributed by atoms with van der Waals surface area (Å²) in [5.74, 6) is 5.98. The molecule has 0 heterocycles. The molecule has 3 heteroatoms. The highest BCUT2D eigenvalue weighted by Crippen LogP contribution is 2.24. The van der Waals surface area contributed by atoms with Crippen molar-refractivity contribution in [2.45, 2.75) is 39.7 Å². The Morgan fingerprint density at radius 3 is 2.48 bits per heavy atom. The first kappa shape index (κ1) is 18.6.